The third-order valence-electron chi connectivity index (χ3n) is 4.70. The Hall–Kier alpha value is -2.69. The van der Waals surface area contributed by atoms with Gasteiger partial charge < -0.3 is 9.80 Å². The number of likely N-dealkylation sites (tertiary alicyclic amines) is 1. The van der Waals surface area contributed by atoms with E-state index in [1.807, 2.05) is 35.2 Å². The molecule has 0 unspecified atom stereocenters. The van der Waals surface area contributed by atoms with Crippen molar-refractivity contribution < 1.29 is 9.59 Å². The first-order chi connectivity index (χ1) is 11.2. The summed E-state index contributed by atoms with van der Waals surface area (Å²) in [4.78, 5) is 32.8. The largest absolute Gasteiger partial charge is 0.337 e. The molecular formula is C18H17N3O2. The topological polar surface area (TPSA) is 53.5 Å². The highest BCUT2D eigenvalue weighted by Crippen LogP contribution is 2.35. The van der Waals surface area contributed by atoms with E-state index in [1.54, 1.807) is 29.4 Å². The zero-order chi connectivity index (χ0) is 15.8. The second kappa shape index (κ2) is 5.50. The third kappa shape index (κ3) is 2.38. The van der Waals surface area contributed by atoms with Crippen LogP contribution in [0.1, 0.15) is 10.4 Å². The van der Waals surface area contributed by atoms with Crippen molar-refractivity contribution in [2.45, 2.75) is 0 Å². The number of fused-ring (bicyclic) bond motifs is 1. The van der Waals surface area contributed by atoms with Crippen LogP contribution in [0.5, 0.6) is 0 Å². The van der Waals surface area contributed by atoms with Crippen molar-refractivity contribution in [3.63, 3.8) is 0 Å². The molecule has 2 fully saturated rings. The quantitative estimate of drug-likeness (QED) is 0.850. The van der Waals surface area contributed by atoms with Crippen molar-refractivity contribution in [3.05, 3.63) is 60.4 Å². The van der Waals surface area contributed by atoms with Gasteiger partial charge in [-0.25, -0.2) is 0 Å². The summed E-state index contributed by atoms with van der Waals surface area (Å²) in [6.07, 6.45) is 3.23. The zero-order valence-electron chi connectivity index (χ0n) is 12.6. The summed E-state index contributed by atoms with van der Waals surface area (Å²) in [5.74, 6) is 0.216. The fourth-order valence-electron chi connectivity index (χ4n) is 3.54. The third-order valence-corrected chi connectivity index (χ3v) is 4.70. The van der Waals surface area contributed by atoms with Gasteiger partial charge in [0.25, 0.3) is 5.91 Å². The lowest BCUT2D eigenvalue weighted by Crippen LogP contribution is -2.35. The maximum absolute atomic E-state index is 12.7. The van der Waals surface area contributed by atoms with Crippen LogP contribution >= 0.6 is 0 Å². The lowest BCUT2D eigenvalue weighted by molar-refractivity contribution is -0.120. The van der Waals surface area contributed by atoms with Gasteiger partial charge in [0.15, 0.2) is 0 Å². The van der Waals surface area contributed by atoms with E-state index in [4.69, 9.17) is 0 Å². The number of anilines is 1. The fraction of sp³-hybridized carbons (Fsp3) is 0.278. The summed E-state index contributed by atoms with van der Waals surface area (Å²) >= 11 is 0. The van der Waals surface area contributed by atoms with Gasteiger partial charge in [-0.05, 0) is 24.3 Å². The predicted molar refractivity (Wildman–Crippen MR) is 85.9 cm³/mol. The molecule has 2 aliphatic heterocycles. The van der Waals surface area contributed by atoms with Crippen molar-refractivity contribution in [1.29, 1.82) is 0 Å². The average Bonchev–Trinajstić information content (AvgIpc) is 3.16. The minimum absolute atomic E-state index is 0.0356. The molecule has 2 atom stereocenters. The Kier molecular flexibility index (Phi) is 3.33. The first-order valence-electron chi connectivity index (χ1n) is 7.80. The second-order valence-corrected chi connectivity index (χ2v) is 6.10. The molecule has 2 saturated heterocycles. The molecule has 1 aromatic carbocycles. The van der Waals surface area contributed by atoms with Gasteiger partial charge in [0.05, 0.1) is 11.5 Å². The molecule has 2 amide bonds. The molecule has 2 aromatic rings. The highest BCUT2D eigenvalue weighted by Gasteiger charge is 2.47. The fourth-order valence-corrected chi connectivity index (χ4v) is 3.54. The highest BCUT2D eigenvalue weighted by atomic mass is 16.2. The molecule has 23 heavy (non-hydrogen) atoms. The number of carbonyl (C=O) groups is 2. The van der Waals surface area contributed by atoms with Crippen molar-refractivity contribution in [2.75, 3.05) is 24.5 Å². The minimum atomic E-state index is -0.0872. The molecule has 0 N–H and O–H groups in total. The van der Waals surface area contributed by atoms with Crippen LogP contribution in [-0.2, 0) is 4.79 Å². The van der Waals surface area contributed by atoms with Crippen LogP contribution in [0.15, 0.2) is 54.9 Å². The number of nitrogens with zero attached hydrogens (tertiary/aromatic N) is 3. The van der Waals surface area contributed by atoms with E-state index in [9.17, 15) is 9.59 Å². The molecule has 0 bridgehead atoms. The van der Waals surface area contributed by atoms with Crippen molar-refractivity contribution in [1.82, 2.24) is 9.88 Å². The van der Waals surface area contributed by atoms with E-state index in [2.05, 4.69) is 4.98 Å². The number of hydrogen-bond acceptors (Lipinski definition) is 3. The number of amides is 2. The zero-order valence-corrected chi connectivity index (χ0v) is 12.6. The van der Waals surface area contributed by atoms with E-state index in [-0.39, 0.29) is 23.7 Å². The molecule has 3 heterocycles. The number of hydrogen-bond donors (Lipinski definition) is 0. The Labute approximate surface area is 134 Å². The number of carbonyl (C=O) groups excluding carboxylic acids is 2. The van der Waals surface area contributed by atoms with Crippen LogP contribution in [0, 0.1) is 11.8 Å². The minimum Gasteiger partial charge on any atom is -0.337 e. The Morgan fingerprint density at radius 2 is 1.87 bits per heavy atom. The first-order valence-corrected chi connectivity index (χ1v) is 7.80. The number of rotatable bonds is 2. The first kappa shape index (κ1) is 13.9. The molecular weight excluding hydrogens is 290 g/mol. The molecule has 5 heteroatoms. The lowest BCUT2D eigenvalue weighted by Gasteiger charge is -2.22. The summed E-state index contributed by atoms with van der Waals surface area (Å²) in [6.45, 7) is 1.82. The summed E-state index contributed by atoms with van der Waals surface area (Å²) in [5, 5.41) is 0. The standard InChI is InChI=1S/C18H17N3O2/c22-17(13-5-4-8-19-9-13)20-10-14-11-21(18(23)16(14)12-20)15-6-2-1-3-7-15/h1-9,14,16H,10-12H2/t14-,16+/m0/s1. The van der Waals surface area contributed by atoms with Crippen LogP contribution < -0.4 is 4.90 Å². The smallest absolute Gasteiger partial charge is 0.255 e. The summed E-state index contributed by atoms with van der Waals surface area (Å²) in [5.41, 5.74) is 1.52. The molecule has 5 nitrogen and oxygen atoms in total. The number of benzene rings is 1. The van der Waals surface area contributed by atoms with E-state index in [0.717, 1.165) is 5.69 Å². The highest BCUT2D eigenvalue weighted by molar-refractivity contribution is 6.00. The van der Waals surface area contributed by atoms with Crippen molar-refractivity contribution >= 4 is 17.5 Å². The Balaban J connectivity index is 1.49. The van der Waals surface area contributed by atoms with Crippen LogP contribution in [0.25, 0.3) is 0 Å². The molecule has 0 radical (unpaired) electrons. The monoisotopic (exact) mass is 307 g/mol. The SMILES string of the molecule is O=C(c1cccnc1)N1C[C@H]2CN(c3ccccc3)C(=O)[C@@H]2C1. The Morgan fingerprint density at radius 3 is 2.57 bits per heavy atom. The summed E-state index contributed by atoms with van der Waals surface area (Å²) in [7, 11) is 0. The van der Waals surface area contributed by atoms with E-state index in [1.165, 1.54) is 0 Å². The van der Waals surface area contributed by atoms with Gasteiger partial charge in [0, 0.05) is 43.6 Å². The normalized spacial score (nSPS) is 23.2. The van der Waals surface area contributed by atoms with Gasteiger partial charge in [-0.1, -0.05) is 18.2 Å². The summed E-state index contributed by atoms with van der Waals surface area (Å²) in [6, 6.07) is 13.3. The van der Waals surface area contributed by atoms with E-state index >= 15 is 0 Å². The van der Waals surface area contributed by atoms with Gasteiger partial charge in [-0.3, -0.25) is 14.6 Å². The number of aromatic nitrogens is 1. The summed E-state index contributed by atoms with van der Waals surface area (Å²) < 4.78 is 0. The van der Waals surface area contributed by atoms with E-state index < -0.39 is 0 Å². The molecule has 4 rings (SSSR count). The molecule has 2 aliphatic rings. The second-order valence-electron chi connectivity index (χ2n) is 6.10. The van der Waals surface area contributed by atoms with Gasteiger partial charge in [-0.2, -0.15) is 0 Å². The average molecular weight is 307 g/mol. The van der Waals surface area contributed by atoms with Gasteiger partial charge in [-0.15, -0.1) is 0 Å². The maximum Gasteiger partial charge on any atom is 0.255 e. The maximum atomic E-state index is 12.7. The van der Waals surface area contributed by atoms with Crippen LogP contribution in [0.2, 0.25) is 0 Å². The van der Waals surface area contributed by atoms with Crippen molar-refractivity contribution in [2.24, 2.45) is 11.8 Å². The van der Waals surface area contributed by atoms with Crippen LogP contribution in [0.3, 0.4) is 0 Å². The van der Waals surface area contributed by atoms with Gasteiger partial charge in [0.2, 0.25) is 5.91 Å². The lowest BCUT2D eigenvalue weighted by atomic mass is 10.0. The molecule has 1 aromatic heterocycles. The van der Waals surface area contributed by atoms with E-state index in [0.29, 0.717) is 25.2 Å². The Morgan fingerprint density at radius 1 is 1.04 bits per heavy atom. The molecule has 0 saturated carbocycles. The van der Waals surface area contributed by atoms with Crippen molar-refractivity contribution in [3.8, 4) is 0 Å². The van der Waals surface area contributed by atoms with Crippen LogP contribution in [0.4, 0.5) is 5.69 Å². The number of para-hydroxylation sites is 1. The molecule has 116 valence electrons. The molecule has 0 spiro atoms. The molecule has 0 aliphatic carbocycles. The van der Waals surface area contributed by atoms with Crippen LogP contribution in [-0.4, -0.2) is 41.3 Å². The van der Waals surface area contributed by atoms with Gasteiger partial charge >= 0.3 is 0 Å². The Bertz CT molecular complexity index is 732. The number of pyridine rings is 1. The van der Waals surface area contributed by atoms with Gasteiger partial charge in [0.1, 0.15) is 0 Å². The predicted octanol–water partition coefficient (Wildman–Crippen LogP) is 1.82.